The monoisotopic (exact) mass is 367 g/mol. The average molecular weight is 367 g/mol. The van der Waals surface area contributed by atoms with Gasteiger partial charge in [-0.15, -0.1) is 0 Å². The lowest BCUT2D eigenvalue weighted by Crippen LogP contribution is -2.36. The standard InChI is InChI=1S/C20H25N5O2/c1-6-25-20(27)16-10-8-7-9-15(16)18(23-25)19(26)21-12(2)11-17-13(3)22-24(5)14(17)4/h7-10,12H,6,11H2,1-5H3,(H,21,26). The zero-order valence-corrected chi connectivity index (χ0v) is 16.4. The molecule has 0 bridgehead atoms. The van der Waals surface area contributed by atoms with Crippen molar-refractivity contribution in [2.75, 3.05) is 0 Å². The molecule has 0 radical (unpaired) electrons. The van der Waals surface area contributed by atoms with Gasteiger partial charge in [-0.05, 0) is 45.7 Å². The van der Waals surface area contributed by atoms with Gasteiger partial charge in [0.2, 0.25) is 0 Å². The Morgan fingerprint density at radius 1 is 1.19 bits per heavy atom. The summed E-state index contributed by atoms with van der Waals surface area (Å²) in [4.78, 5) is 25.3. The van der Waals surface area contributed by atoms with Gasteiger partial charge < -0.3 is 5.32 Å². The zero-order valence-electron chi connectivity index (χ0n) is 16.4. The molecule has 142 valence electrons. The first-order valence-corrected chi connectivity index (χ1v) is 9.13. The molecule has 3 rings (SSSR count). The van der Waals surface area contributed by atoms with Gasteiger partial charge in [0.1, 0.15) is 0 Å². The number of hydrogen-bond donors (Lipinski definition) is 1. The SMILES string of the molecule is CCn1nc(C(=O)NC(C)Cc2c(C)nn(C)c2C)c2ccccc2c1=O. The molecule has 2 aromatic heterocycles. The lowest BCUT2D eigenvalue weighted by atomic mass is 10.0. The van der Waals surface area contributed by atoms with E-state index in [-0.39, 0.29) is 23.2 Å². The van der Waals surface area contributed by atoms with Crippen molar-refractivity contribution in [3.8, 4) is 0 Å². The molecule has 3 aromatic rings. The Balaban J connectivity index is 1.90. The van der Waals surface area contributed by atoms with E-state index in [1.807, 2.05) is 45.5 Å². The molecule has 1 N–H and O–H groups in total. The van der Waals surface area contributed by atoms with Crippen molar-refractivity contribution in [3.63, 3.8) is 0 Å². The molecule has 0 spiro atoms. The fourth-order valence-electron chi connectivity index (χ4n) is 3.38. The van der Waals surface area contributed by atoms with Crippen LogP contribution in [-0.2, 0) is 20.0 Å². The highest BCUT2D eigenvalue weighted by molar-refractivity contribution is 6.04. The molecule has 1 atom stereocenters. The van der Waals surface area contributed by atoms with Gasteiger partial charge in [-0.2, -0.15) is 10.2 Å². The van der Waals surface area contributed by atoms with Crippen molar-refractivity contribution in [1.29, 1.82) is 0 Å². The second kappa shape index (κ2) is 7.34. The third-order valence-electron chi connectivity index (χ3n) is 4.93. The Morgan fingerprint density at radius 2 is 1.85 bits per heavy atom. The van der Waals surface area contributed by atoms with E-state index in [0.717, 1.165) is 17.0 Å². The van der Waals surface area contributed by atoms with Crippen LogP contribution in [0, 0.1) is 13.8 Å². The van der Waals surface area contributed by atoms with Crippen LogP contribution in [0.25, 0.3) is 10.8 Å². The summed E-state index contributed by atoms with van der Waals surface area (Å²) in [5.41, 5.74) is 3.30. The van der Waals surface area contributed by atoms with Crippen LogP contribution in [0.2, 0.25) is 0 Å². The summed E-state index contributed by atoms with van der Waals surface area (Å²) in [6, 6.07) is 7.00. The summed E-state index contributed by atoms with van der Waals surface area (Å²) in [6.07, 6.45) is 0.683. The van der Waals surface area contributed by atoms with Crippen LogP contribution in [0.15, 0.2) is 29.1 Å². The molecule has 0 saturated heterocycles. The van der Waals surface area contributed by atoms with Crippen LogP contribution in [0.1, 0.15) is 41.3 Å². The fourth-order valence-corrected chi connectivity index (χ4v) is 3.38. The van der Waals surface area contributed by atoms with Crippen molar-refractivity contribution >= 4 is 16.7 Å². The number of amides is 1. The third-order valence-corrected chi connectivity index (χ3v) is 4.93. The number of carbonyl (C=O) groups excluding carboxylic acids is 1. The van der Waals surface area contributed by atoms with Crippen LogP contribution in [0.5, 0.6) is 0 Å². The van der Waals surface area contributed by atoms with E-state index in [4.69, 9.17) is 0 Å². The zero-order chi connectivity index (χ0) is 19.7. The Bertz CT molecular complexity index is 1060. The first-order valence-electron chi connectivity index (χ1n) is 9.13. The second-order valence-corrected chi connectivity index (χ2v) is 6.87. The van der Waals surface area contributed by atoms with E-state index >= 15 is 0 Å². The topological polar surface area (TPSA) is 81.8 Å². The van der Waals surface area contributed by atoms with E-state index in [9.17, 15) is 9.59 Å². The number of nitrogens with zero attached hydrogens (tertiary/aromatic N) is 4. The molecular weight excluding hydrogens is 342 g/mol. The smallest absolute Gasteiger partial charge is 0.274 e. The number of benzene rings is 1. The van der Waals surface area contributed by atoms with E-state index in [1.165, 1.54) is 4.68 Å². The largest absolute Gasteiger partial charge is 0.348 e. The molecule has 0 aliphatic carbocycles. The molecule has 0 saturated carbocycles. The molecule has 2 heterocycles. The molecule has 7 nitrogen and oxygen atoms in total. The van der Waals surface area contributed by atoms with Crippen molar-refractivity contribution in [2.45, 2.75) is 46.7 Å². The summed E-state index contributed by atoms with van der Waals surface area (Å²) in [5.74, 6) is -0.278. The van der Waals surface area contributed by atoms with E-state index in [0.29, 0.717) is 23.7 Å². The highest BCUT2D eigenvalue weighted by Gasteiger charge is 2.19. The fraction of sp³-hybridized carbons (Fsp3) is 0.400. The summed E-state index contributed by atoms with van der Waals surface area (Å²) >= 11 is 0. The first kappa shape index (κ1) is 18.8. The number of fused-ring (bicyclic) bond motifs is 1. The van der Waals surface area contributed by atoms with Gasteiger partial charge in [-0.1, -0.05) is 18.2 Å². The van der Waals surface area contributed by atoms with Gasteiger partial charge in [0.25, 0.3) is 11.5 Å². The Kier molecular flexibility index (Phi) is 5.12. The summed E-state index contributed by atoms with van der Waals surface area (Å²) in [7, 11) is 1.92. The van der Waals surface area contributed by atoms with Gasteiger partial charge >= 0.3 is 0 Å². The molecule has 1 amide bonds. The highest BCUT2D eigenvalue weighted by atomic mass is 16.2. The molecule has 0 aliphatic heterocycles. The Morgan fingerprint density at radius 3 is 2.44 bits per heavy atom. The molecule has 0 fully saturated rings. The molecule has 0 aliphatic rings. The Hall–Kier alpha value is -2.96. The number of rotatable bonds is 5. The maximum absolute atomic E-state index is 12.9. The van der Waals surface area contributed by atoms with Crippen LogP contribution in [0.3, 0.4) is 0 Å². The molecule has 7 heteroatoms. The average Bonchev–Trinajstić information content (AvgIpc) is 2.88. The predicted molar refractivity (Wildman–Crippen MR) is 105 cm³/mol. The minimum Gasteiger partial charge on any atom is -0.348 e. The summed E-state index contributed by atoms with van der Waals surface area (Å²) in [5, 5.41) is 12.8. The lowest BCUT2D eigenvalue weighted by molar-refractivity contribution is 0.0934. The van der Waals surface area contributed by atoms with Gasteiger partial charge in [0.05, 0.1) is 11.1 Å². The van der Waals surface area contributed by atoms with E-state index in [1.54, 1.807) is 18.2 Å². The molecule has 1 unspecified atom stereocenters. The lowest BCUT2D eigenvalue weighted by Gasteiger charge is -2.15. The van der Waals surface area contributed by atoms with Gasteiger partial charge in [0, 0.05) is 30.7 Å². The van der Waals surface area contributed by atoms with Crippen molar-refractivity contribution < 1.29 is 4.79 Å². The predicted octanol–water partition coefficient (Wildman–Crippen LogP) is 2.13. The van der Waals surface area contributed by atoms with Crippen LogP contribution in [-0.4, -0.2) is 31.5 Å². The minimum atomic E-state index is -0.278. The number of aryl methyl sites for hydroxylation is 3. The van der Waals surface area contributed by atoms with E-state index < -0.39 is 0 Å². The maximum atomic E-state index is 12.9. The number of carbonyl (C=O) groups is 1. The molecule has 1 aromatic carbocycles. The second-order valence-electron chi connectivity index (χ2n) is 6.87. The van der Waals surface area contributed by atoms with Crippen molar-refractivity contribution in [2.24, 2.45) is 7.05 Å². The van der Waals surface area contributed by atoms with Crippen LogP contribution < -0.4 is 10.9 Å². The normalized spacial score (nSPS) is 12.3. The Labute approximate surface area is 158 Å². The van der Waals surface area contributed by atoms with Crippen LogP contribution in [0.4, 0.5) is 0 Å². The molecular formula is C20H25N5O2. The van der Waals surface area contributed by atoms with Gasteiger partial charge in [-0.25, -0.2) is 4.68 Å². The maximum Gasteiger partial charge on any atom is 0.274 e. The number of hydrogen-bond acceptors (Lipinski definition) is 4. The summed E-state index contributed by atoms with van der Waals surface area (Å²) < 4.78 is 3.18. The molecule has 27 heavy (non-hydrogen) atoms. The number of nitrogens with one attached hydrogen (secondary N) is 1. The highest BCUT2D eigenvalue weighted by Crippen LogP contribution is 2.16. The van der Waals surface area contributed by atoms with Gasteiger partial charge in [-0.3, -0.25) is 14.3 Å². The minimum absolute atomic E-state index is 0.0957. The number of aromatic nitrogens is 4. The van der Waals surface area contributed by atoms with Gasteiger partial charge in [0.15, 0.2) is 5.69 Å². The van der Waals surface area contributed by atoms with Crippen molar-refractivity contribution in [1.82, 2.24) is 24.9 Å². The summed E-state index contributed by atoms with van der Waals surface area (Å²) in [6.45, 7) is 8.20. The first-order chi connectivity index (χ1) is 12.8. The van der Waals surface area contributed by atoms with Crippen LogP contribution >= 0.6 is 0 Å². The van der Waals surface area contributed by atoms with E-state index in [2.05, 4.69) is 15.5 Å². The third kappa shape index (κ3) is 3.49. The van der Waals surface area contributed by atoms with Crippen molar-refractivity contribution in [3.05, 3.63) is 57.3 Å². The quantitative estimate of drug-likeness (QED) is 0.749.